The maximum atomic E-state index is 13.7. The second-order valence-corrected chi connectivity index (χ2v) is 4.84. The van der Waals surface area contributed by atoms with E-state index in [0.29, 0.717) is 12.1 Å². The zero-order valence-corrected chi connectivity index (χ0v) is 12.3. The van der Waals surface area contributed by atoms with Gasteiger partial charge in [-0.3, -0.25) is 0 Å². The van der Waals surface area contributed by atoms with E-state index in [0.717, 1.165) is 17.0 Å². The summed E-state index contributed by atoms with van der Waals surface area (Å²) in [5.41, 5.74) is 2.47. The third kappa shape index (κ3) is 3.23. The number of hydrogen-bond donors (Lipinski definition) is 0. The highest BCUT2D eigenvalue weighted by atomic mass is 35.5. The Kier molecular flexibility index (Phi) is 4.85. The molecule has 0 fully saturated rings. The minimum atomic E-state index is -0.265. The number of hydrogen-bond acceptors (Lipinski definition) is 2. The molecule has 0 spiro atoms. The molecule has 0 heterocycles. The van der Waals surface area contributed by atoms with Gasteiger partial charge in [-0.25, -0.2) is 4.39 Å². The number of nitrogens with zero attached hydrogens (tertiary/aromatic N) is 1. The number of ether oxygens (including phenoxy) is 1. The van der Waals surface area contributed by atoms with Gasteiger partial charge in [-0.2, -0.15) is 0 Å². The van der Waals surface area contributed by atoms with E-state index in [1.165, 1.54) is 6.07 Å². The highest BCUT2D eigenvalue weighted by Crippen LogP contribution is 2.25. The molecule has 20 heavy (non-hydrogen) atoms. The third-order valence-electron chi connectivity index (χ3n) is 3.22. The lowest BCUT2D eigenvalue weighted by molar-refractivity contribution is 0.414. The van der Waals surface area contributed by atoms with E-state index in [1.807, 2.05) is 42.3 Å². The number of benzene rings is 2. The van der Waals surface area contributed by atoms with Crippen LogP contribution in [0.3, 0.4) is 0 Å². The van der Waals surface area contributed by atoms with Crippen molar-refractivity contribution in [1.29, 1.82) is 0 Å². The van der Waals surface area contributed by atoms with Crippen molar-refractivity contribution >= 4 is 17.3 Å². The molecule has 2 rings (SSSR count). The van der Waals surface area contributed by atoms with Gasteiger partial charge in [0, 0.05) is 24.8 Å². The van der Waals surface area contributed by atoms with Crippen LogP contribution in [-0.4, -0.2) is 14.2 Å². The number of anilines is 1. The Bertz CT molecular complexity index is 571. The Morgan fingerprint density at radius 3 is 2.45 bits per heavy atom. The van der Waals surface area contributed by atoms with Crippen LogP contribution in [0.25, 0.3) is 0 Å². The van der Waals surface area contributed by atoms with Gasteiger partial charge in [0.2, 0.25) is 0 Å². The largest absolute Gasteiger partial charge is 0.497 e. The standard InChI is InChI=1S/C16H17ClFNO/c1-19(11-12-6-8-13(20-2)9-7-12)16-5-3-4-15(18)14(16)10-17/h3-9H,10-11H2,1-2H3. The molecule has 106 valence electrons. The zero-order chi connectivity index (χ0) is 14.5. The molecule has 2 nitrogen and oxygen atoms in total. The van der Waals surface area contributed by atoms with Crippen LogP contribution in [0, 0.1) is 5.82 Å². The summed E-state index contributed by atoms with van der Waals surface area (Å²) in [6, 6.07) is 12.8. The van der Waals surface area contributed by atoms with Crippen LogP contribution in [0.1, 0.15) is 11.1 Å². The van der Waals surface area contributed by atoms with Gasteiger partial charge < -0.3 is 9.64 Å². The molecular weight excluding hydrogens is 277 g/mol. The first-order valence-electron chi connectivity index (χ1n) is 6.33. The van der Waals surface area contributed by atoms with Gasteiger partial charge in [-0.05, 0) is 29.8 Å². The lowest BCUT2D eigenvalue weighted by atomic mass is 10.1. The van der Waals surface area contributed by atoms with Gasteiger partial charge in [-0.15, -0.1) is 11.6 Å². The molecule has 0 atom stereocenters. The summed E-state index contributed by atoms with van der Waals surface area (Å²) in [6.07, 6.45) is 0. The second kappa shape index (κ2) is 6.62. The molecule has 0 N–H and O–H groups in total. The van der Waals surface area contributed by atoms with E-state index in [9.17, 15) is 4.39 Å². The summed E-state index contributed by atoms with van der Waals surface area (Å²) in [5.74, 6) is 0.720. The normalized spacial score (nSPS) is 10.4. The molecule has 0 amide bonds. The van der Waals surface area contributed by atoms with E-state index in [2.05, 4.69) is 0 Å². The van der Waals surface area contributed by atoms with E-state index < -0.39 is 0 Å². The molecule has 0 saturated heterocycles. The Hall–Kier alpha value is -1.74. The topological polar surface area (TPSA) is 12.5 Å². The molecule has 0 saturated carbocycles. The average Bonchev–Trinajstić information content (AvgIpc) is 2.47. The molecule has 0 aliphatic heterocycles. The van der Waals surface area contributed by atoms with Crippen molar-refractivity contribution in [2.24, 2.45) is 0 Å². The van der Waals surface area contributed by atoms with Crippen molar-refractivity contribution < 1.29 is 9.13 Å². The van der Waals surface area contributed by atoms with E-state index in [1.54, 1.807) is 13.2 Å². The Balaban J connectivity index is 2.19. The second-order valence-electron chi connectivity index (χ2n) is 4.58. The summed E-state index contributed by atoms with van der Waals surface area (Å²) in [6.45, 7) is 0.678. The lowest BCUT2D eigenvalue weighted by Gasteiger charge is -2.22. The highest BCUT2D eigenvalue weighted by molar-refractivity contribution is 6.17. The van der Waals surface area contributed by atoms with Crippen LogP contribution < -0.4 is 9.64 Å². The van der Waals surface area contributed by atoms with Crippen molar-refractivity contribution in [3.05, 3.63) is 59.4 Å². The van der Waals surface area contributed by atoms with Crippen LogP contribution in [0.5, 0.6) is 5.75 Å². The highest BCUT2D eigenvalue weighted by Gasteiger charge is 2.11. The monoisotopic (exact) mass is 293 g/mol. The molecular formula is C16H17ClFNO. The van der Waals surface area contributed by atoms with E-state index >= 15 is 0 Å². The van der Waals surface area contributed by atoms with Gasteiger partial charge in [0.15, 0.2) is 0 Å². The first-order valence-corrected chi connectivity index (χ1v) is 6.86. The van der Waals surface area contributed by atoms with Crippen molar-refractivity contribution in [2.45, 2.75) is 12.4 Å². The van der Waals surface area contributed by atoms with Gasteiger partial charge >= 0.3 is 0 Å². The van der Waals surface area contributed by atoms with Gasteiger partial charge in [0.1, 0.15) is 11.6 Å². The van der Waals surface area contributed by atoms with Gasteiger partial charge in [-0.1, -0.05) is 18.2 Å². The molecule has 0 bridgehead atoms. The summed E-state index contributed by atoms with van der Waals surface area (Å²) in [5, 5.41) is 0. The van der Waals surface area contributed by atoms with Gasteiger partial charge in [0.25, 0.3) is 0 Å². The maximum absolute atomic E-state index is 13.7. The molecule has 2 aromatic carbocycles. The third-order valence-corrected chi connectivity index (χ3v) is 3.49. The average molecular weight is 294 g/mol. The molecule has 0 aromatic heterocycles. The molecule has 4 heteroatoms. The minimum Gasteiger partial charge on any atom is -0.497 e. The summed E-state index contributed by atoms with van der Waals surface area (Å²) in [4.78, 5) is 1.99. The number of methoxy groups -OCH3 is 1. The lowest BCUT2D eigenvalue weighted by Crippen LogP contribution is -2.18. The Morgan fingerprint density at radius 2 is 1.85 bits per heavy atom. The van der Waals surface area contributed by atoms with Crippen LogP contribution in [-0.2, 0) is 12.4 Å². The molecule has 0 aliphatic rings. The summed E-state index contributed by atoms with van der Waals surface area (Å²) < 4.78 is 18.9. The smallest absolute Gasteiger partial charge is 0.129 e. The first kappa shape index (κ1) is 14.7. The molecule has 2 aromatic rings. The van der Waals surface area contributed by atoms with Crippen molar-refractivity contribution in [3.63, 3.8) is 0 Å². The number of halogens is 2. The SMILES string of the molecule is COc1ccc(CN(C)c2cccc(F)c2CCl)cc1. The fraction of sp³-hybridized carbons (Fsp3) is 0.250. The van der Waals surface area contributed by atoms with Crippen molar-refractivity contribution in [3.8, 4) is 5.75 Å². The molecule has 0 unspecified atom stereocenters. The Morgan fingerprint density at radius 1 is 1.15 bits per heavy atom. The fourth-order valence-electron chi connectivity index (χ4n) is 2.13. The predicted octanol–water partition coefficient (Wildman–Crippen LogP) is 4.21. The quantitative estimate of drug-likeness (QED) is 0.766. The molecule has 0 aliphatic carbocycles. The van der Waals surface area contributed by atoms with Crippen LogP contribution in [0.15, 0.2) is 42.5 Å². The predicted molar refractivity (Wildman–Crippen MR) is 81.1 cm³/mol. The molecule has 0 radical (unpaired) electrons. The van der Waals surface area contributed by atoms with Crippen molar-refractivity contribution in [2.75, 3.05) is 19.1 Å². The fourth-order valence-corrected chi connectivity index (χ4v) is 2.39. The summed E-state index contributed by atoms with van der Waals surface area (Å²) in [7, 11) is 3.57. The zero-order valence-electron chi connectivity index (χ0n) is 11.6. The number of rotatable bonds is 5. The van der Waals surface area contributed by atoms with Gasteiger partial charge in [0.05, 0.1) is 13.0 Å². The van der Waals surface area contributed by atoms with E-state index in [-0.39, 0.29) is 11.7 Å². The summed E-state index contributed by atoms with van der Waals surface area (Å²) >= 11 is 5.84. The Labute approximate surface area is 123 Å². The van der Waals surface area contributed by atoms with Crippen molar-refractivity contribution in [1.82, 2.24) is 0 Å². The maximum Gasteiger partial charge on any atom is 0.129 e. The van der Waals surface area contributed by atoms with Crippen LogP contribution in [0.2, 0.25) is 0 Å². The number of alkyl halides is 1. The van der Waals surface area contributed by atoms with Crippen LogP contribution in [0.4, 0.5) is 10.1 Å². The minimum absolute atomic E-state index is 0.162. The van der Waals surface area contributed by atoms with E-state index in [4.69, 9.17) is 16.3 Å². The first-order chi connectivity index (χ1) is 9.65. The van der Waals surface area contributed by atoms with Crippen LogP contribution >= 0.6 is 11.6 Å².